The van der Waals surface area contributed by atoms with Gasteiger partial charge in [0.25, 0.3) is 11.8 Å². The summed E-state index contributed by atoms with van der Waals surface area (Å²) in [5.74, 6) is -10.6. The number of fused-ring (bicyclic) bond motifs is 1. The lowest BCUT2D eigenvalue weighted by Crippen LogP contribution is -2.61. The van der Waals surface area contributed by atoms with Gasteiger partial charge in [0.1, 0.15) is 66.1 Å². The lowest BCUT2D eigenvalue weighted by Gasteiger charge is -2.31. The Morgan fingerprint density at radius 1 is 0.514 bits per heavy atom. The number of halogens is 1. The highest BCUT2D eigenvalue weighted by molar-refractivity contribution is 6.30. The third kappa shape index (κ3) is 28.6. The molecular weight excluding hydrogens is 1450 g/mol. The average Bonchev–Trinajstić information content (AvgIpc) is 1.69. The molecule has 111 heavy (non-hydrogen) atoms. The third-order valence-electron chi connectivity index (χ3n) is 18.5. The number of carboxylic acids is 1. The van der Waals surface area contributed by atoms with Crippen molar-refractivity contribution in [3.8, 4) is 0 Å². The molecule has 6 aromatic rings. The Hall–Kier alpha value is -11.3. The maximum absolute atomic E-state index is 15.1. The van der Waals surface area contributed by atoms with Crippen molar-refractivity contribution in [2.24, 2.45) is 11.7 Å². The van der Waals surface area contributed by atoms with Gasteiger partial charge in [-0.2, -0.15) is 0 Å². The van der Waals surface area contributed by atoms with Crippen molar-refractivity contribution in [1.29, 1.82) is 0 Å². The molecule has 31 nitrogen and oxygen atoms in total. The number of aliphatic hydroxyl groups excluding tert-OH is 1. The Balaban J connectivity index is 1.15. The maximum atomic E-state index is 15.1. The summed E-state index contributed by atoms with van der Waals surface area (Å²) in [4.78, 5) is 196. The Bertz CT molecular complexity index is 4130. The zero-order valence-electron chi connectivity index (χ0n) is 62.7. The molecule has 594 valence electrons. The van der Waals surface area contributed by atoms with Crippen LogP contribution < -0.4 is 64.2 Å². The lowest BCUT2D eigenvalue weighted by molar-refractivity contribution is -0.144. The van der Waals surface area contributed by atoms with E-state index < -0.39 is 144 Å². The number of unbranched alkanes of at least 4 members (excludes halogenated alkanes) is 3. The van der Waals surface area contributed by atoms with E-state index in [1.807, 2.05) is 42.5 Å². The van der Waals surface area contributed by atoms with Gasteiger partial charge in [0.2, 0.25) is 59.1 Å². The number of nitrogens with zero attached hydrogens (tertiary/aromatic N) is 4. The van der Waals surface area contributed by atoms with Crippen LogP contribution in [0, 0.1) is 5.92 Å². The molecule has 12 amide bonds. The van der Waals surface area contributed by atoms with E-state index in [4.69, 9.17) is 17.3 Å². The fraction of sp³-hybridized carbons (Fsp3) is 0.443. The topological polar surface area (TPSA) is 463 Å². The molecule has 3 aromatic heterocycles. The summed E-state index contributed by atoms with van der Waals surface area (Å²) in [6, 6.07) is 16.9. The second kappa shape index (κ2) is 45.0. The van der Waals surface area contributed by atoms with Crippen LogP contribution in [0.25, 0.3) is 10.8 Å². The van der Waals surface area contributed by atoms with Crippen molar-refractivity contribution < 1.29 is 72.5 Å². The number of rotatable bonds is 44. The van der Waals surface area contributed by atoms with Crippen molar-refractivity contribution in [2.75, 3.05) is 32.8 Å². The molecule has 1 aliphatic rings. The van der Waals surface area contributed by atoms with Crippen LogP contribution in [0.5, 0.6) is 0 Å². The number of hydrogen-bond acceptors (Lipinski definition) is 18. The van der Waals surface area contributed by atoms with E-state index >= 15 is 9.59 Å². The molecule has 15 N–H and O–H groups in total. The van der Waals surface area contributed by atoms with Crippen LogP contribution >= 0.6 is 11.6 Å². The van der Waals surface area contributed by atoms with Crippen LogP contribution in [-0.2, 0) is 72.0 Å². The number of likely N-dealkylation sites (tertiary alicyclic amines) is 1. The van der Waals surface area contributed by atoms with Crippen LogP contribution in [0.3, 0.4) is 0 Å². The van der Waals surface area contributed by atoms with E-state index in [0.29, 0.717) is 46.5 Å². The molecule has 0 spiro atoms. The first-order chi connectivity index (χ1) is 53.3. The van der Waals surface area contributed by atoms with Crippen LogP contribution in [0.2, 0.25) is 5.02 Å². The predicted octanol–water partition coefficient (Wildman–Crippen LogP) is 2.55. The summed E-state index contributed by atoms with van der Waals surface area (Å²) in [5, 5.41) is 52.5. The average molecular weight is 1550 g/mol. The summed E-state index contributed by atoms with van der Waals surface area (Å²) >= 11 is 6.26. The van der Waals surface area contributed by atoms with E-state index in [9.17, 15) is 63.0 Å². The van der Waals surface area contributed by atoms with Gasteiger partial charge < -0.3 is 79.3 Å². The number of carbonyl (C=O) groups excluding carboxylic acids is 12. The normalized spacial score (nSPS) is 14.9. The quantitative estimate of drug-likeness (QED) is 0.0244. The van der Waals surface area contributed by atoms with Crippen LogP contribution in [0.15, 0.2) is 140 Å². The molecule has 1 fully saturated rings. The van der Waals surface area contributed by atoms with Crippen molar-refractivity contribution in [3.63, 3.8) is 0 Å². The highest BCUT2D eigenvalue weighted by Crippen LogP contribution is 2.23. The fourth-order valence-corrected chi connectivity index (χ4v) is 12.7. The zero-order valence-corrected chi connectivity index (χ0v) is 63.5. The predicted molar refractivity (Wildman–Crippen MR) is 412 cm³/mol. The van der Waals surface area contributed by atoms with Crippen LogP contribution in [0.1, 0.15) is 142 Å². The lowest BCUT2D eigenvalue weighted by atomic mass is 9.99. The molecule has 10 atom stereocenters. The van der Waals surface area contributed by atoms with E-state index in [-0.39, 0.29) is 115 Å². The molecule has 1 saturated heterocycles. The molecule has 0 bridgehead atoms. The molecular formula is C79H101ClN16O15. The second-order valence-corrected chi connectivity index (χ2v) is 28.2. The van der Waals surface area contributed by atoms with Gasteiger partial charge in [-0.15, -0.1) is 0 Å². The number of amides is 12. The molecule has 1 aliphatic heterocycles. The zero-order chi connectivity index (χ0) is 80.4. The SMILES string of the molecule is CC(=O)N[C@@H](Cc1ccc2ccccc2c1)C(=O)N[C@@H](Cc1ccc(Cl)cc1)C(=O)N[C@@H](Cc1cccnc1)C(=O)N[C@@H](CO)C(=O)N[C@@H](CCCCNC(=O)c1ccccn1)C(=O)N[C@@H](CCCCNC(=O)c1cccnc1)C(=O)N[C@@H](CC(C)C)C(=O)N[C@@H](CCCCN)C(=O)N1CCC[C@@H]1C(=O)N[C@@H](C)C(=O)O. The number of aromatic nitrogens is 3. The summed E-state index contributed by atoms with van der Waals surface area (Å²) in [6.45, 7) is 5.62. The van der Waals surface area contributed by atoms with E-state index in [0.717, 1.165) is 10.8 Å². The highest BCUT2D eigenvalue weighted by Gasteiger charge is 2.40. The standard InChI is InChI=1S/C79H101ClN16O15/c1-48(2)40-62(72(103)91-61(25-7-11-33-81)78(109)96-39-17-26-67(96)77(108)87-49(3)79(110)111)92-71(102)60(24-9-13-37-85-68(99)56-21-16-35-83-46-56)89-70(101)59(23-10-14-38-86-69(100)58-22-8-12-36-84-58)90-76(107)66(47-97)95-75(106)65(44-53-18-15-34-82-45-53)94-74(105)64(42-51-28-31-57(80)32-29-51)93-73(104)63(88-50(4)98)43-52-27-30-54-19-5-6-20-55(54)41-52/h5-6,8,12,15-16,18-22,27-32,34-36,41,45-46,48-49,59-67,97H,7,9-11,13-14,17,23-26,33,37-40,42-44,47,81H2,1-4H3,(H,85,99)(H,86,100)(H,87,108)(H,88,98)(H,89,101)(H,90,107)(H,91,103)(H,92,102)(H,93,104)(H,94,105)(H,95,106)(H,110,111)/t49-,59-,60-,61-,62-,63-,64-,65-,66-,67+/m0/s1. The number of aliphatic hydroxyl groups is 1. The van der Waals surface area contributed by atoms with Gasteiger partial charge in [-0.1, -0.05) is 92.2 Å². The Morgan fingerprint density at radius 2 is 1.03 bits per heavy atom. The van der Waals surface area contributed by atoms with E-state index in [1.54, 1.807) is 74.5 Å². The number of carbonyl (C=O) groups is 13. The Kier molecular flexibility index (Phi) is 35.2. The first-order valence-electron chi connectivity index (χ1n) is 37.3. The number of nitrogens with one attached hydrogen (secondary N) is 11. The summed E-state index contributed by atoms with van der Waals surface area (Å²) in [6.07, 6.45) is 8.91. The van der Waals surface area contributed by atoms with Crippen LogP contribution in [-0.4, -0.2) is 200 Å². The van der Waals surface area contributed by atoms with Gasteiger partial charge in [-0.25, -0.2) is 0 Å². The van der Waals surface area contributed by atoms with Gasteiger partial charge in [-0.3, -0.25) is 77.3 Å². The number of nitrogens with two attached hydrogens (primary N) is 1. The molecule has 32 heteroatoms. The molecule has 0 saturated carbocycles. The van der Waals surface area contributed by atoms with Gasteiger partial charge in [0, 0.05) is 81.8 Å². The number of benzene rings is 3. The van der Waals surface area contributed by atoms with Gasteiger partial charge in [-0.05, 0) is 166 Å². The first-order valence-corrected chi connectivity index (χ1v) is 37.7. The second-order valence-electron chi connectivity index (χ2n) is 27.8. The molecule has 0 aliphatic carbocycles. The first kappa shape index (κ1) is 86.9. The van der Waals surface area contributed by atoms with Crippen molar-refractivity contribution in [3.05, 3.63) is 173 Å². The number of pyridine rings is 3. The van der Waals surface area contributed by atoms with Crippen molar-refractivity contribution >= 4 is 99.2 Å². The van der Waals surface area contributed by atoms with Crippen LogP contribution in [0.4, 0.5) is 0 Å². The smallest absolute Gasteiger partial charge is 0.325 e. The summed E-state index contributed by atoms with van der Waals surface area (Å²) in [5.41, 5.74) is 7.95. The van der Waals surface area contributed by atoms with Gasteiger partial charge >= 0.3 is 5.97 Å². The van der Waals surface area contributed by atoms with Gasteiger partial charge in [0.05, 0.1) is 12.2 Å². The largest absolute Gasteiger partial charge is 0.480 e. The minimum absolute atomic E-state index is 0.00890. The number of aliphatic carboxylic acids is 1. The van der Waals surface area contributed by atoms with Crippen molar-refractivity contribution in [1.82, 2.24) is 78.3 Å². The molecule has 0 radical (unpaired) electrons. The maximum Gasteiger partial charge on any atom is 0.325 e. The van der Waals surface area contributed by atoms with Crippen molar-refractivity contribution in [2.45, 2.75) is 184 Å². The Morgan fingerprint density at radius 3 is 1.60 bits per heavy atom. The number of carboxylic acid groups (broad SMARTS) is 1. The monoisotopic (exact) mass is 1550 g/mol. The third-order valence-corrected chi connectivity index (χ3v) is 18.8. The molecule has 4 heterocycles. The van der Waals surface area contributed by atoms with E-state index in [1.165, 1.54) is 55.8 Å². The highest BCUT2D eigenvalue weighted by atomic mass is 35.5. The Labute approximate surface area is 649 Å². The molecule has 0 unspecified atom stereocenters. The number of hydrogen-bond donors (Lipinski definition) is 14. The summed E-state index contributed by atoms with van der Waals surface area (Å²) in [7, 11) is 0. The molecule has 7 rings (SSSR count). The van der Waals surface area contributed by atoms with E-state index in [2.05, 4.69) is 73.4 Å². The molecule has 3 aromatic carbocycles. The minimum atomic E-state index is -1.84. The fourth-order valence-electron chi connectivity index (χ4n) is 12.6. The minimum Gasteiger partial charge on any atom is -0.480 e. The summed E-state index contributed by atoms with van der Waals surface area (Å²) < 4.78 is 0. The van der Waals surface area contributed by atoms with Gasteiger partial charge in [0.15, 0.2) is 0 Å².